The second kappa shape index (κ2) is 7.24. The average molecular weight is 394 g/mol. The zero-order valence-corrected chi connectivity index (χ0v) is 17.5. The first kappa shape index (κ1) is 18.8. The standard InChI is InChI=1S/C23H31N5O/c1-17(2)28-14-21(25-16-28)20-13-26(11-19-4-3-8-24-10-19)15-23(20)7-9-27(22(23)29)12-18-5-6-18/h3-4,8,10,14,16-18,20H,5-7,9,11-13,15H2,1-2H3/t20-,23-/m1/s1. The van der Waals surface area contributed by atoms with Gasteiger partial charge in [0, 0.05) is 63.3 Å². The predicted molar refractivity (Wildman–Crippen MR) is 111 cm³/mol. The lowest BCUT2D eigenvalue weighted by molar-refractivity contribution is -0.136. The number of nitrogens with zero attached hydrogens (tertiary/aromatic N) is 5. The summed E-state index contributed by atoms with van der Waals surface area (Å²) in [5.41, 5.74) is 1.96. The van der Waals surface area contributed by atoms with E-state index >= 15 is 0 Å². The third-order valence-corrected chi connectivity index (χ3v) is 7.03. The van der Waals surface area contributed by atoms with Crippen LogP contribution < -0.4 is 0 Å². The summed E-state index contributed by atoms with van der Waals surface area (Å²) in [5.74, 6) is 1.26. The molecular weight excluding hydrogens is 362 g/mol. The monoisotopic (exact) mass is 393 g/mol. The van der Waals surface area contributed by atoms with E-state index in [2.05, 4.69) is 45.5 Å². The summed E-state index contributed by atoms with van der Waals surface area (Å²) in [4.78, 5) is 27.3. The fourth-order valence-electron chi connectivity index (χ4n) is 5.18. The van der Waals surface area contributed by atoms with E-state index in [0.717, 1.165) is 50.8 Å². The summed E-state index contributed by atoms with van der Waals surface area (Å²) in [6.45, 7) is 8.74. The zero-order chi connectivity index (χ0) is 20.0. The Hall–Kier alpha value is -2.21. The molecule has 6 nitrogen and oxygen atoms in total. The van der Waals surface area contributed by atoms with Crippen molar-refractivity contribution in [2.45, 2.75) is 51.6 Å². The van der Waals surface area contributed by atoms with Crippen molar-refractivity contribution in [3.63, 3.8) is 0 Å². The summed E-state index contributed by atoms with van der Waals surface area (Å²) in [6.07, 6.45) is 11.4. The molecule has 0 unspecified atom stereocenters. The first-order valence-electron chi connectivity index (χ1n) is 11.0. The summed E-state index contributed by atoms with van der Waals surface area (Å²) in [6, 6.07) is 4.49. The molecule has 0 bridgehead atoms. The van der Waals surface area contributed by atoms with Crippen LogP contribution in [0.25, 0.3) is 0 Å². The van der Waals surface area contributed by atoms with Crippen LogP contribution in [0.1, 0.15) is 56.3 Å². The topological polar surface area (TPSA) is 54.3 Å². The van der Waals surface area contributed by atoms with Crippen LogP contribution in [0.3, 0.4) is 0 Å². The van der Waals surface area contributed by atoms with Gasteiger partial charge in [-0.2, -0.15) is 0 Å². The van der Waals surface area contributed by atoms with E-state index < -0.39 is 0 Å². The Balaban J connectivity index is 1.43. The lowest BCUT2D eigenvalue weighted by Gasteiger charge is -2.28. The number of aromatic nitrogens is 3. The number of carbonyl (C=O) groups excluding carboxylic acids is 1. The molecule has 1 spiro atoms. The van der Waals surface area contributed by atoms with E-state index in [1.54, 1.807) is 0 Å². The van der Waals surface area contributed by atoms with Crippen LogP contribution >= 0.6 is 0 Å². The number of imidazole rings is 1. The highest BCUT2D eigenvalue weighted by atomic mass is 16.2. The first-order valence-corrected chi connectivity index (χ1v) is 11.0. The fourth-order valence-corrected chi connectivity index (χ4v) is 5.18. The van der Waals surface area contributed by atoms with E-state index in [1.165, 1.54) is 18.4 Å². The Morgan fingerprint density at radius 1 is 1.31 bits per heavy atom. The van der Waals surface area contributed by atoms with Crippen molar-refractivity contribution in [1.29, 1.82) is 0 Å². The van der Waals surface area contributed by atoms with Gasteiger partial charge in [-0.15, -0.1) is 0 Å². The number of pyridine rings is 1. The molecular formula is C23H31N5O. The number of hydrogen-bond acceptors (Lipinski definition) is 4. The molecule has 5 rings (SSSR count). The van der Waals surface area contributed by atoms with Crippen molar-refractivity contribution in [3.8, 4) is 0 Å². The Kier molecular flexibility index (Phi) is 4.69. The van der Waals surface area contributed by atoms with Crippen molar-refractivity contribution in [2.75, 3.05) is 26.2 Å². The predicted octanol–water partition coefficient (Wildman–Crippen LogP) is 3.09. The second-order valence-corrected chi connectivity index (χ2v) is 9.52. The zero-order valence-electron chi connectivity index (χ0n) is 17.5. The van der Waals surface area contributed by atoms with Gasteiger partial charge < -0.3 is 9.47 Å². The average Bonchev–Trinajstić information content (AvgIpc) is 3.13. The Morgan fingerprint density at radius 2 is 2.17 bits per heavy atom. The van der Waals surface area contributed by atoms with Gasteiger partial charge in [-0.3, -0.25) is 14.7 Å². The van der Waals surface area contributed by atoms with Gasteiger partial charge in [0.15, 0.2) is 0 Å². The minimum Gasteiger partial charge on any atom is -0.342 e. The van der Waals surface area contributed by atoms with Gasteiger partial charge in [0.25, 0.3) is 0 Å². The first-order chi connectivity index (χ1) is 14.0. The highest BCUT2D eigenvalue weighted by molar-refractivity contribution is 5.87. The van der Waals surface area contributed by atoms with E-state index in [0.29, 0.717) is 11.9 Å². The molecule has 1 saturated carbocycles. The van der Waals surface area contributed by atoms with Crippen molar-refractivity contribution >= 4 is 5.91 Å². The summed E-state index contributed by atoms with van der Waals surface area (Å²) >= 11 is 0. The minimum atomic E-state index is -0.326. The molecule has 2 saturated heterocycles. The third-order valence-electron chi connectivity index (χ3n) is 7.03. The van der Waals surface area contributed by atoms with Gasteiger partial charge in [0.2, 0.25) is 5.91 Å². The Labute approximate surface area is 172 Å². The molecule has 2 aromatic rings. The van der Waals surface area contributed by atoms with Crippen molar-refractivity contribution in [3.05, 3.63) is 48.3 Å². The third kappa shape index (κ3) is 3.48. The lowest BCUT2D eigenvalue weighted by Crippen LogP contribution is -2.40. The van der Waals surface area contributed by atoms with Crippen LogP contribution in [-0.2, 0) is 11.3 Å². The SMILES string of the molecule is CC(C)n1cnc([C@H]2CN(Cc3cccnc3)C[C@]23CCN(CC2CC2)C3=O)c1. The highest BCUT2D eigenvalue weighted by Crippen LogP contribution is 2.50. The molecule has 2 atom stereocenters. The molecule has 4 heterocycles. The van der Waals surface area contributed by atoms with Gasteiger partial charge in [0.05, 0.1) is 17.4 Å². The van der Waals surface area contributed by atoms with Crippen LogP contribution in [0.2, 0.25) is 0 Å². The molecule has 0 aromatic carbocycles. The second-order valence-electron chi connectivity index (χ2n) is 9.52. The van der Waals surface area contributed by atoms with Gasteiger partial charge in [-0.25, -0.2) is 4.98 Å². The van der Waals surface area contributed by atoms with E-state index in [1.807, 2.05) is 24.8 Å². The largest absolute Gasteiger partial charge is 0.342 e. The van der Waals surface area contributed by atoms with Gasteiger partial charge in [-0.1, -0.05) is 6.07 Å². The van der Waals surface area contributed by atoms with Crippen LogP contribution in [-0.4, -0.2) is 56.4 Å². The van der Waals surface area contributed by atoms with Gasteiger partial charge in [0.1, 0.15) is 0 Å². The number of hydrogen-bond donors (Lipinski definition) is 0. The number of amides is 1. The maximum Gasteiger partial charge on any atom is 0.230 e. The van der Waals surface area contributed by atoms with Crippen LogP contribution in [0.5, 0.6) is 0 Å². The number of rotatable bonds is 6. The molecule has 0 N–H and O–H groups in total. The lowest BCUT2D eigenvalue weighted by atomic mass is 9.75. The minimum absolute atomic E-state index is 0.163. The molecule has 3 aliphatic rings. The summed E-state index contributed by atoms with van der Waals surface area (Å²) in [5, 5.41) is 0. The molecule has 29 heavy (non-hydrogen) atoms. The quantitative estimate of drug-likeness (QED) is 0.757. The fraction of sp³-hybridized carbons (Fsp3) is 0.609. The molecule has 3 fully saturated rings. The molecule has 6 heteroatoms. The highest BCUT2D eigenvalue weighted by Gasteiger charge is 2.58. The number of likely N-dealkylation sites (tertiary alicyclic amines) is 2. The normalized spacial score (nSPS) is 27.6. The van der Waals surface area contributed by atoms with E-state index in [-0.39, 0.29) is 11.3 Å². The summed E-state index contributed by atoms with van der Waals surface area (Å²) < 4.78 is 2.16. The van der Waals surface area contributed by atoms with Crippen LogP contribution in [0.4, 0.5) is 0 Å². The molecule has 2 aromatic heterocycles. The van der Waals surface area contributed by atoms with Gasteiger partial charge in [-0.05, 0) is 50.7 Å². The van der Waals surface area contributed by atoms with Crippen LogP contribution in [0, 0.1) is 11.3 Å². The van der Waals surface area contributed by atoms with Crippen molar-refractivity contribution in [1.82, 2.24) is 24.3 Å². The Morgan fingerprint density at radius 3 is 2.86 bits per heavy atom. The van der Waals surface area contributed by atoms with E-state index in [9.17, 15) is 4.79 Å². The molecule has 2 aliphatic heterocycles. The molecule has 0 radical (unpaired) electrons. The van der Waals surface area contributed by atoms with Crippen LogP contribution in [0.15, 0.2) is 37.1 Å². The Bertz CT molecular complexity index is 874. The molecule has 1 amide bonds. The van der Waals surface area contributed by atoms with Crippen molar-refractivity contribution in [2.24, 2.45) is 11.3 Å². The molecule has 154 valence electrons. The maximum atomic E-state index is 13.7. The smallest absolute Gasteiger partial charge is 0.230 e. The van der Waals surface area contributed by atoms with Gasteiger partial charge >= 0.3 is 0 Å². The summed E-state index contributed by atoms with van der Waals surface area (Å²) in [7, 11) is 0. The van der Waals surface area contributed by atoms with Crippen molar-refractivity contribution < 1.29 is 4.79 Å². The van der Waals surface area contributed by atoms with E-state index in [4.69, 9.17) is 4.98 Å². The number of carbonyl (C=O) groups is 1. The maximum absolute atomic E-state index is 13.7. The molecule has 1 aliphatic carbocycles.